The van der Waals surface area contributed by atoms with Gasteiger partial charge >= 0.3 is 0 Å². The molecule has 0 aliphatic heterocycles. The standard InChI is InChI=1S/C24H24N2/c1-24(2)22(18-10-6-16(14-25)7-11-18)20-4-3-5-21(20)23(24)19-12-8-17(15-26)9-13-19/h6-13,20-23H,3-5H2,1-2H3. The Morgan fingerprint density at radius 1 is 0.731 bits per heavy atom. The van der Waals surface area contributed by atoms with E-state index in [0.29, 0.717) is 23.7 Å². The predicted octanol–water partition coefficient (Wildman–Crippen LogP) is 5.75. The van der Waals surface area contributed by atoms with Crippen molar-refractivity contribution in [3.63, 3.8) is 0 Å². The first-order valence-corrected chi connectivity index (χ1v) is 9.56. The van der Waals surface area contributed by atoms with Gasteiger partial charge in [-0.2, -0.15) is 10.5 Å². The lowest BCUT2D eigenvalue weighted by atomic mass is 9.68. The van der Waals surface area contributed by atoms with Crippen LogP contribution in [-0.4, -0.2) is 0 Å². The first-order chi connectivity index (χ1) is 12.6. The normalized spacial score (nSPS) is 28.9. The van der Waals surface area contributed by atoms with Crippen LogP contribution in [0.3, 0.4) is 0 Å². The molecule has 0 N–H and O–H groups in total. The summed E-state index contributed by atoms with van der Waals surface area (Å²) in [4.78, 5) is 0. The Hall–Kier alpha value is -2.58. The van der Waals surface area contributed by atoms with E-state index in [2.05, 4.69) is 50.3 Å². The number of nitriles is 2. The van der Waals surface area contributed by atoms with E-state index < -0.39 is 0 Å². The zero-order valence-corrected chi connectivity index (χ0v) is 15.4. The lowest BCUT2D eigenvalue weighted by molar-refractivity contribution is 0.258. The van der Waals surface area contributed by atoms with E-state index in [9.17, 15) is 0 Å². The second-order valence-electron chi connectivity index (χ2n) is 8.50. The maximum absolute atomic E-state index is 9.11. The molecule has 4 rings (SSSR count). The summed E-state index contributed by atoms with van der Waals surface area (Å²) in [5.41, 5.74) is 4.37. The Kier molecular flexibility index (Phi) is 4.08. The van der Waals surface area contributed by atoms with Gasteiger partial charge in [0.2, 0.25) is 0 Å². The van der Waals surface area contributed by atoms with Crippen molar-refractivity contribution in [2.45, 2.75) is 44.9 Å². The van der Waals surface area contributed by atoms with Crippen LogP contribution >= 0.6 is 0 Å². The molecule has 2 nitrogen and oxygen atoms in total. The summed E-state index contributed by atoms with van der Waals surface area (Å²) in [5, 5.41) is 18.2. The largest absolute Gasteiger partial charge is 0.192 e. The molecule has 26 heavy (non-hydrogen) atoms. The zero-order chi connectivity index (χ0) is 18.3. The molecule has 2 aliphatic rings. The van der Waals surface area contributed by atoms with Crippen LogP contribution in [0.5, 0.6) is 0 Å². The molecule has 0 heterocycles. The molecule has 0 radical (unpaired) electrons. The maximum Gasteiger partial charge on any atom is 0.0991 e. The van der Waals surface area contributed by atoms with E-state index in [1.807, 2.05) is 24.3 Å². The van der Waals surface area contributed by atoms with Gasteiger partial charge in [0.15, 0.2) is 0 Å². The molecule has 0 spiro atoms. The van der Waals surface area contributed by atoms with E-state index in [0.717, 1.165) is 11.1 Å². The average molecular weight is 340 g/mol. The number of hydrogen-bond donors (Lipinski definition) is 0. The molecule has 0 amide bonds. The molecule has 0 saturated heterocycles. The van der Waals surface area contributed by atoms with Gasteiger partial charge in [-0.25, -0.2) is 0 Å². The minimum Gasteiger partial charge on any atom is -0.192 e. The molecule has 2 heteroatoms. The number of nitrogens with zero attached hydrogens (tertiary/aromatic N) is 2. The van der Waals surface area contributed by atoms with Gasteiger partial charge in [0.25, 0.3) is 0 Å². The van der Waals surface area contributed by atoms with Crippen molar-refractivity contribution in [1.29, 1.82) is 10.5 Å². The minimum atomic E-state index is 0.151. The lowest BCUT2D eigenvalue weighted by Gasteiger charge is -2.36. The highest BCUT2D eigenvalue weighted by Crippen LogP contribution is 2.67. The molecular weight excluding hydrogens is 316 g/mol. The van der Waals surface area contributed by atoms with E-state index in [1.165, 1.54) is 30.4 Å². The van der Waals surface area contributed by atoms with E-state index >= 15 is 0 Å². The predicted molar refractivity (Wildman–Crippen MR) is 102 cm³/mol. The van der Waals surface area contributed by atoms with Crippen LogP contribution in [0.15, 0.2) is 48.5 Å². The monoisotopic (exact) mass is 340 g/mol. The molecule has 0 aromatic heterocycles. The molecule has 0 bridgehead atoms. The van der Waals surface area contributed by atoms with Gasteiger partial charge in [-0.15, -0.1) is 0 Å². The van der Waals surface area contributed by atoms with E-state index in [1.54, 1.807) is 0 Å². The fourth-order valence-electron chi connectivity index (χ4n) is 6.03. The van der Waals surface area contributed by atoms with Gasteiger partial charge in [0.05, 0.1) is 23.3 Å². The van der Waals surface area contributed by atoms with Crippen LogP contribution < -0.4 is 0 Å². The Balaban J connectivity index is 1.76. The van der Waals surface area contributed by atoms with Gasteiger partial charge < -0.3 is 0 Å². The molecule has 2 saturated carbocycles. The highest BCUT2D eigenvalue weighted by Gasteiger charge is 2.56. The van der Waals surface area contributed by atoms with Crippen molar-refractivity contribution in [2.24, 2.45) is 17.3 Å². The average Bonchev–Trinajstić information content (AvgIpc) is 3.19. The molecule has 4 atom stereocenters. The zero-order valence-electron chi connectivity index (χ0n) is 15.4. The van der Waals surface area contributed by atoms with Crippen LogP contribution in [0.1, 0.15) is 67.2 Å². The molecule has 4 unspecified atom stereocenters. The van der Waals surface area contributed by atoms with Crippen LogP contribution in [0.2, 0.25) is 0 Å². The summed E-state index contributed by atoms with van der Waals surface area (Å²) in [5.74, 6) is 2.45. The van der Waals surface area contributed by atoms with Crippen molar-refractivity contribution in [1.82, 2.24) is 0 Å². The third kappa shape index (κ3) is 2.53. The fraction of sp³-hybridized carbons (Fsp3) is 0.417. The van der Waals surface area contributed by atoms with Crippen molar-refractivity contribution in [3.8, 4) is 12.1 Å². The smallest absolute Gasteiger partial charge is 0.0991 e. The number of benzene rings is 2. The SMILES string of the molecule is CC1(C)C(c2ccc(C#N)cc2)C2CCCC2C1c1ccc(C#N)cc1. The molecular formula is C24H24N2. The number of hydrogen-bond acceptors (Lipinski definition) is 2. The molecule has 2 aromatic rings. The van der Waals surface area contributed by atoms with Crippen molar-refractivity contribution < 1.29 is 0 Å². The Morgan fingerprint density at radius 2 is 1.12 bits per heavy atom. The Morgan fingerprint density at radius 3 is 1.46 bits per heavy atom. The summed E-state index contributed by atoms with van der Waals surface area (Å²) >= 11 is 0. The first-order valence-electron chi connectivity index (χ1n) is 9.56. The highest BCUT2D eigenvalue weighted by atomic mass is 14.6. The second-order valence-corrected chi connectivity index (χ2v) is 8.50. The van der Waals surface area contributed by atoms with Gasteiger partial charge in [-0.1, -0.05) is 44.5 Å². The van der Waals surface area contributed by atoms with Crippen LogP contribution in [-0.2, 0) is 0 Å². The van der Waals surface area contributed by atoms with Crippen molar-refractivity contribution in [2.75, 3.05) is 0 Å². The summed E-state index contributed by atoms with van der Waals surface area (Å²) in [7, 11) is 0. The van der Waals surface area contributed by atoms with Crippen LogP contribution in [0, 0.1) is 39.9 Å². The number of rotatable bonds is 2. The molecule has 2 aromatic carbocycles. The van der Waals surface area contributed by atoms with Crippen molar-refractivity contribution >= 4 is 0 Å². The minimum absolute atomic E-state index is 0.151. The third-order valence-electron chi connectivity index (χ3n) is 6.88. The summed E-state index contributed by atoms with van der Waals surface area (Å²) < 4.78 is 0. The summed E-state index contributed by atoms with van der Waals surface area (Å²) in [6, 6.07) is 21.0. The highest BCUT2D eigenvalue weighted by molar-refractivity contribution is 5.40. The van der Waals surface area contributed by atoms with Gasteiger partial charge in [-0.05, 0) is 77.3 Å². The molecule has 130 valence electrons. The van der Waals surface area contributed by atoms with Gasteiger partial charge in [0.1, 0.15) is 0 Å². The second kappa shape index (κ2) is 6.30. The fourth-order valence-corrected chi connectivity index (χ4v) is 6.03. The summed E-state index contributed by atoms with van der Waals surface area (Å²) in [6.07, 6.45) is 3.90. The third-order valence-corrected chi connectivity index (χ3v) is 6.88. The van der Waals surface area contributed by atoms with Gasteiger partial charge in [-0.3, -0.25) is 0 Å². The van der Waals surface area contributed by atoms with Crippen molar-refractivity contribution in [3.05, 3.63) is 70.8 Å². The van der Waals surface area contributed by atoms with E-state index in [4.69, 9.17) is 10.5 Å². The molecule has 2 fully saturated rings. The van der Waals surface area contributed by atoms with E-state index in [-0.39, 0.29) is 5.41 Å². The molecule has 2 aliphatic carbocycles. The number of fused-ring (bicyclic) bond motifs is 1. The Labute approximate surface area is 156 Å². The quantitative estimate of drug-likeness (QED) is 0.698. The van der Waals surface area contributed by atoms with Crippen LogP contribution in [0.25, 0.3) is 0 Å². The topological polar surface area (TPSA) is 47.6 Å². The van der Waals surface area contributed by atoms with Gasteiger partial charge in [0, 0.05) is 0 Å². The first kappa shape index (κ1) is 16.9. The maximum atomic E-state index is 9.11. The Bertz CT molecular complexity index is 804. The lowest BCUT2D eigenvalue weighted by Crippen LogP contribution is -2.25. The van der Waals surface area contributed by atoms with Crippen LogP contribution in [0.4, 0.5) is 0 Å². The summed E-state index contributed by atoms with van der Waals surface area (Å²) in [6.45, 7) is 4.83.